The van der Waals surface area contributed by atoms with Gasteiger partial charge >= 0.3 is 6.18 Å². The van der Waals surface area contributed by atoms with Gasteiger partial charge in [-0.05, 0) is 25.1 Å². The second-order valence-electron chi connectivity index (χ2n) is 6.98. The van der Waals surface area contributed by atoms with Crippen molar-refractivity contribution in [3.8, 4) is 17.2 Å². The normalized spacial score (nSPS) is 14.2. The van der Waals surface area contributed by atoms with Crippen molar-refractivity contribution in [2.24, 2.45) is 0 Å². The van der Waals surface area contributed by atoms with Crippen LogP contribution < -0.4 is 29.7 Å². The minimum absolute atomic E-state index is 0.0792. The molecule has 0 bridgehead atoms. The molecule has 1 aliphatic rings. The number of benzene rings is 2. The Morgan fingerprint density at radius 2 is 1.72 bits per heavy atom. The molecule has 2 aromatic carbocycles. The summed E-state index contributed by atoms with van der Waals surface area (Å²) < 4.78 is 54.9. The van der Waals surface area contributed by atoms with Crippen LogP contribution in [0.3, 0.4) is 0 Å². The van der Waals surface area contributed by atoms with Crippen LogP contribution in [0, 0.1) is 0 Å². The third kappa shape index (κ3) is 4.51. The number of nitrogens with zero attached hydrogens (tertiary/aromatic N) is 1. The molecule has 0 saturated carbocycles. The SMILES string of the molecule is COc1cc(N[C@@H](C)C(=O)N2CC(=O)Nc3cc(C(F)(F)F)ccc32)cc(OC)c1OC. The quantitative estimate of drug-likeness (QED) is 0.696. The van der Waals surface area contributed by atoms with Gasteiger partial charge in [-0.1, -0.05) is 0 Å². The largest absolute Gasteiger partial charge is 0.493 e. The molecule has 2 N–H and O–H groups in total. The van der Waals surface area contributed by atoms with Crippen LogP contribution in [-0.2, 0) is 15.8 Å². The minimum Gasteiger partial charge on any atom is -0.493 e. The smallest absolute Gasteiger partial charge is 0.416 e. The number of hydrogen-bond acceptors (Lipinski definition) is 6. The third-order valence-electron chi connectivity index (χ3n) is 4.87. The lowest BCUT2D eigenvalue weighted by atomic mass is 10.1. The van der Waals surface area contributed by atoms with E-state index in [1.807, 2.05) is 0 Å². The number of carbonyl (C=O) groups excluding carboxylic acids is 2. The lowest BCUT2D eigenvalue weighted by Gasteiger charge is -2.32. The van der Waals surface area contributed by atoms with E-state index in [4.69, 9.17) is 14.2 Å². The number of methoxy groups -OCH3 is 3. The van der Waals surface area contributed by atoms with Crippen molar-refractivity contribution < 1.29 is 37.0 Å². The Morgan fingerprint density at radius 3 is 2.25 bits per heavy atom. The van der Waals surface area contributed by atoms with Crippen molar-refractivity contribution in [2.75, 3.05) is 43.4 Å². The van der Waals surface area contributed by atoms with Crippen LogP contribution in [0.1, 0.15) is 12.5 Å². The van der Waals surface area contributed by atoms with Crippen molar-refractivity contribution in [3.63, 3.8) is 0 Å². The highest BCUT2D eigenvalue weighted by Gasteiger charge is 2.35. The molecule has 32 heavy (non-hydrogen) atoms. The monoisotopic (exact) mass is 453 g/mol. The van der Waals surface area contributed by atoms with Gasteiger partial charge in [-0.15, -0.1) is 0 Å². The third-order valence-corrected chi connectivity index (χ3v) is 4.87. The predicted molar refractivity (Wildman–Crippen MR) is 112 cm³/mol. The van der Waals surface area contributed by atoms with Gasteiger partial charge in [-0.3, -0.25) is 14.5 Å². The van der Waals surface area contributed by atoms with Crippen molar-refractivity contribution in [1.82, 2.24) is 0 Å². The van der Waals surface area contributed by atoms with E-state index in [2.05, 4.69) is 10.6 Å². The average molecular weight is 453 g/mol. The van der Waals surface area contributed by atoms with E-state index in [1.54, 1.807) is 19.1 Å². The summed E-state index contributed by atoms with van der Waals surface area (Å²) in [5.41, 5.74) is -0.338. The number of halogens is 3. The molecule has 2 aromatic rings. The van der Waals surface area contributed by atoms with Gasteiger partial charge < -0.3 is 24.8 Å². The van der Waals surface area contributed by atoms with Gasteiger partial charge in [0.1, 0.15) is 12.6 Å². The number of rotatable bonds is 6. The van der Waals surface area contributed by atoms with Crippen molar-refractivity contribution in [2.45, 2.75) is 19.1 Å². The Morgan fingerprint density at radius 1 is 1.09 bits per heavy atom. The molecule has 3 rings (SSSR count). The number of anilines is 3. The second kappa shape index (κ2) is 8.85. The van der Waals surface area contributed by atoms with Crippen LogP contribution in [-0.4, -0.2) is 45.7 Å². The van der Waals surface area contributed by atoms with Gasteiger partial charge in [0.25, 0.3) is 0 Å². The molecular weight excluding hydrogens is 431 g/mol. The zero-order valence-electron chi connectivity index (χ0n) is 17.8. The molecule has 8 nitrogen and oxygen atoms in total. The summed E-state index contributed by atoms with van der Waals surface area (Å²) in [4.78, 5) is 26.3. The topological polar surface area (TPSA) is 89.1 Å². The van der Waals surface area contributed by atoms with Gasteiger partial charge in [-0.25, -0.2) is 0 Å². The lowest BCUT2D eigenvalue weighted by Crippen LogP contribution is -2.48. The fourth-order valence-electron chi connectivity index (χ4n) is 3.37. The first-order chi connectivity index (χ1) is 15.1. The minimum atomic E-state index is -4.58. The van der Waals surface area contributed by atoms with Gasteiger partial charge in [0.15, 0.2) is 11.5 Å². The molecule has 11 heteroatoms. The van der Waals surface area contributed by atoms with Gasteiger partial charge in [-0.2, -0.15) is 13.2 Å². The Balaban J connectivity index is 1.88. The fourth-order valence-corrected chi connectivity index (χ4v) is 3.37. The molecule has 2 amide bonds. The fraction of sp³-hybridized carbons (Fsp3) is 0.333. The highest BCUT2D eigenvalue weighted by molar-refractivity contribution is 6.11. The molecule has 1 heterocycles. The number of hydrogen-bond donors (Lipinski definition) is 2. The Kier molecular flexibility index (Phi) is 6.37. The highest BCUT2D eigenvalue weighted by atomic mass is 19.4. The standard InChI is InChI=1S/C21H22F3N3O5/c1-11(25-13-8-16(30-2)19(32-4)17(9-13)31-3)20(29)27-10-18(28)26-14-7-12(21(22,23)24)5-6-15(14)27/h5-9,11,25H,10H2,1-4H3,(H,26,28)/t11-/m0/s1. The maximum atomic E-state index is 13.1. The summed E-state index contributed by atoms with van der Waals surface area (Å²) in [6, 6.07) is 5.23. The van der Waals surface area contributed by atoms with E-state index in [1.165, 1.54) is 27.4 Å². The van der Waals surface area contributed by atoms with Crippen LogP contribution in [0.2, 0.25) is 0 Å². The Bertz CT molecular complexity index is 1020. The molecule has 0 fully saturated rings. The number of amides is 2. The maximum Gasteiger partial charge on any atom is 0.416 e. The summed E-state index contributed by atoms with van der Waals surface area (Å²) in [7, 11) is 4.37. The van der Waals surface area contributed by atoms with Crippen LogP contribution in [0.5, 0.6) is 17.2 Å². The number of nitrogens with one attached hydrogen (secondary N) is 2. The summed E-state index contributed by atoms with van der Waals surface area (Å²) in [6.07, 6.45) is -4.58. The van der Waals surface area contributed by atoms with Crippen molar-refractivity contribution in [1.29, 1.82) is 0 Å². The number of fused-ring (bicyclic) bond motifs is 1. The van der Waals surface area contributed by atoms with E-state index in [9.17, 15) is 22.8 Å². The molecule has 0 aliphatic carbocycles. The molecule has 1 aliphatic heterocycles. The van der Waals surface area contributed by atoms with Gasteiger partial charge in [0, 0.05) is 17.8 Å². The molecule has 172 valence electrons. The molecule has 0 spiro atoms. The molecule has 0 radical (unpaired) electrons. The molecule has 0 aromatic heterocycles. The Hall–Kier alpha value is -3.63. The molecular formula is C21H22F3N3O5. The molecule has 1 atom stereocenters. The first-order valence-electron chi connectivity index (χ1n) is 9.48. The van der Waals surface area contributed by atoms with E-state index < -0.39 is 29.6 Å². The summed E-state index contributed by atoms with van der Waals surface area (Å²) in [5.74, 6) is 0.0224. The van der Waals surface area contributed by atoms with E-state index in [-0.39, 0.29) is 17.9 Å². The van der Waals surface area contributed by atoms with Crippen LogP contribution >= 0.6 is 0 Å². The Labute approximate surface area is 182 Å². The first kappa shape index (κ1) is 23.0. The van der Waals surface area contributed by atoms with Crippen molar-refractivity contribution in [3.05, 3.63) is 35.9 Å². The predicted octanol–water partition coefficient (Wildman–Crippen LogP) is 3.52. The number of ether oxygens (including phenoxy) is 3. The zero-order valence-corrected chi connectivity index (χ0v) is 17.8. The molecule has 0 unspecified atom stereocenters. The van der Waals surface area contributed by atoms with Gasteiger partial charge in [0.2, 0.25) is 17.6 Å². The lowest BCUT2D eigenvalue weighted by molar-refractivity contribution is -0.137. The molecule has 0 saturated heterocycles. The number of carbonyl (C=O) groups is 2. The van der Waals surface area contributed by atoms with Crippen LogP contribution in [0.25, 0.3) is 0 Å². The van der Waals surface area contributed by atoms with E-state index in [0.29, 0.717) is 22.9 Å². The van der Waals surface area contributed by atoms with E-state index in [0.717, 1.165) is 17.0 Å². The van der Waals surface area contributed by atoms with Crippen molar-refractivity contribution >= 4 is 28.9 Å². The highest BCUT2D eigenvalue weighted by Crippen LogP contribution is 2.40. The second-order valence-corrected chi connectivity index (χ2v) is 6.98. The summed E-state index contributed by atoms with van der Waals surface area (Å²) in [5, 5.41) is 5.39. The average Bonchev–Trinajstić information content (AvgIpc) is 2.75. The summed E-state index contributed by atoms with van der Waals surface area (Å²) in [6.45, 7) is 1.25. The maximum absolute atomic E-state index is 13.1. The van der Waals surface area contributed by atoms with Gasteiger partial charge in [0.05, 0.1) is 38.3 Å². The first-order valence-corrected chi connectivity index (χ1v) is 9.48. The zero-order chi connectivity index (χ0) is 23.6. The summed E-state index contributed by atoms with van der Waals surface area (Å²) >= 11 is 0. The van der Waals surface area contributed by atoms with E-state index >= 15 is 0 Å². The van der Waals surface area contributed by atoms with Crippen LogP contribution in [0.4, 0.5) is 30.2 Å². The van der Waals surface area contributed by atoms with Crippen LogP contribution in [0.15, 0.2) is 30.3 Å². The number of alkyl halides is 3.